The summed E-state index contributed by atoms with van der Waals surface area (Å²) in [4.78, 5) is 5.67. The molecule has 0 aliphatic carbocycles. The fraction of sp³-hybridized carbons (Fsp3) is 0.700. The number of sulfonamides is 1. The van der Waals surface area contributed by atoms with Crippen LogP contribution in [0.4, 0.5) is 0 Å². The van der Waals surface area contributed by atoms with Gasteiger partial charge in [0, 0.05) is 19.1 Å². The lowest BCUT2D eigenvalue weighted by Gasteiger charge is -2.25. The van der Waals surface area contributed by atoms with Crippen LogP contribution in [0.25, 0.3) is 0 Å². The first-order valence-electron chi connectivity index (χ1n) is 5.76. The van der Waals surface area contributed by atoms with E-state index in [4.69, 9.17) is 11.6 Å². The number of nitrogens with zero attached hydrogens (tertiary/aromatic N) is 3. The van der Waals surface area contributed by atoms with E-state index in [-0.39, 0.29) is 21.3 Å². The quantitative estimate of drug-likeness (QED) is 0.871. The molecule has 0 bridgehead atoms. The number of halogens is 1. The fourth-order valence-corrected chi connectivity index (χ4v) is 5.31. The van der Waals surface area contributed by atoms with Gasteiger partial charge in [0.15, 0.2) is 8.68 Å². The number of thiazole rings is 1. The molecule has 0 spiro atoms. The molecular weight excluding hydrogens is 310 g/mol. The first-order valence-corrected chi connectivity index (χ1v) is 8.40. The Morgan fingerprint density at radius 3 is 2.84 bits per heavy atom. The highest BCUT2D eigenvalue weighted by Gasteiger charge is 2.40. The highest BCUT2D eigenvalue weighted by atomic mass is 35.5. The van der Waals surface area contributed by atoms with E-state index in [2.05, 4.69) is 4.98 Å². The van der Waals surface area contributed by atoms with Crippen LogP contribution in [0.5, 0.6) is 0 Å². The van der Waals surface area contributed by atoms with E-state index in [9.17, 15) is 13.5 Å². The maximum atomic E-state index is 12.5. The Labute approximate surface area is 121 Å². The van der Waals surface area contributed by atoms with Crippen molar-refractivity contribution in [2.75, 3.05) is 27.2 Å². The highest BCUT2D eigenvalue weighted by Crippen LogP contribution is 2.30. The van der Waals surface area contributed by atoms with Crippen molar-refractivity contribution in [1.29, 1.82) is 0 Å². The maximum absolute atomic E-state index is 12.5. The zero-order chi connectivity index (χ0) is 14.2. The number of hydrogen-bond acceptors (Lipinski definition) is 6. The van der Waals surface area contributed by atoms with Gasteiger partial charge in [0.1, 0.15) is 0 Å². The molecule has 0 radical (unpaired) electrons. The number of likely N-dealkylation sites (N-methyl/N-ethyl adjacent to an activating group) is 1. The second-order valence-corrected chi connectivity index (χ2v) is 8.54. The lowest BCUT2D eigenvalue weighted by Crippen LogP contribution is -2.41. The minimum absolute atomic E-state index is 0.121. The lowest BCUT2D eigenvalue weighted by molar-refractivity contribution is 0.188. The first-order chi connectivity index (χ1) is 8.80. The fourth-order valence-electron chi connectivity index (χ4n) is 2.22. The van der Waals surface area contributed by atoms with Crippen molar-refractivity contribution in [1.82, 2.24) is 14.2 Å². The maximum Gasteiger partial charge on any atom is 0.254 e. The molecule has 1 saturated heterocycles. The summed E-state index contributed by atoms with van der Waals surface area (Å²) in [6, 6.07) is -0.226. The zero-order valence-electron chi connectivity index (χ0n) is 10.7. The summed E-state index contributed by atoms with van der Waals surface area (Å²) in [5.74, 6) is 0. The smallest absolute Gasteiger partial charge is 0.254 e. The van der Waals surface area contributed by atoms with Crippen LogP contribution in [0.15, 0.2) is 10.4 Å². The number of aromatic nitrogens is 1. The molecular formula is C10H16ClN3O3S2. The van der Waals surface area contributed by atoms with Gasteiger partial charge in [0.2, 0.25) is 0 Å². The Morgan fingerprint density at radius 2 is 2.32 bits per heavy atom. The third-order valence-corrected chi connectivity index (χ3v) is 6.41. The first kappa shape index (κ1) is 15.1. The molecule has 2 atom stereocenters. The van der Waals surface area contributed by atoms with Crippen molar-refractivity contribution >= 4 is 33.0 Å². The topological polar surface area (TPSA) is 73.7 Å². The molecule has 2 heterocycles. The normalized spacial score (nSPS) is 25.3. The van der Waals surface area contributed by atoms with Crippen LogP contribution < -0.4 is 0 Å². The van der Waals surface area contributed by atoms with Crippen LogP contribution in [0.3, 0.4) is 0 Å². The minimum atomic E-state index is -3.63. The monoisotopic (exact) mass is 325 g/mol. The molecule has 2 unspecified atom stereocenters. The second-order valence-electron chi connectivity index (χ2n) is 4.81. The van der Waals surface area contributed by atoms with E-state index >= 15 is 0 Å². The summed E-state index contributed by atoms with van der Waals surface area (Å²) in [5, 5.41) is 9.74. The summed E-state index contributed by atoms with van der Waals surface area (Å²) in [7, 11) is 0.121. The van der Waals surface area contributed by atoms with Crippen molar-refractivity contribution in [2.45, 2.75) is 22.8 Å². The summed E-state index contributed by atoms with van der Waals surface area (Å²) in [6.07, 6.45) is 1.09. The van der Waals surface area contributed by atoms with Crippen LogP contribution in [-0.2, 0) is 10.0 Å². The third-order valence-electron chi connectivity index (χ3n) is 2.94. The SMILES string of the molecule is CN(C)CC1CC(O)CN1S(=O)(=O)c1cnc(Cl)s1. The molecule has 1 aliphatic rings. The van der Waals surface area contributed by atoms with Crippen LogP contribution in [0.1, 0.15) is 6.42 Å². The molecule has 0 aromatic carbocycles. The number of rotatable bonds is 4. The van der Waals surface area contributed by atoms with E-state index in [0.29, 0.717) is 13.0 Å². The number of hydrogen-bond donors (Lipinski definition) is 1. The molecule has 1 aromatic heterocycles. The van der Waals surface area contributed by atoms with Gasteiger partial charge < -0.3 is 10.0 Å². The molecule has 1 aromatic rings. The van der Waals surface area contributed by atoms with Gasteiger partial charge in [-0.3, -0.25) is 0 Å². The van der Waals surface area contributed by atoms with Gasteiger partial charge in [0.25, 0.3) is 10.0 Å². The van der Waals surface area contributed by atoms with Crippen LogP contribution in [0, 0.1) is 0 Å². The number of aliphatic hydroxyl groups is 1. The van der Waals surface area contributed by atoms with E-state index in [1.54, 1.807) is 0 Å². The molecule has 2 rings (SSSR count). The van der Waals surface area contributed by atoms with Crippen LogP contribution in [0.2, 0.25) is 4.47 Å². The second kappa shape index (κ2) is 5.63. The lowest BCUT2D eigenvalue weighted by atomic mass is 10.2. The van der Waals surface area contributed by atoms with Gasteiger partial charge in [0.05, 0.1) is 12.3 Å². The van der Waals surface area contributed by atoms with Crippen molar-refractivity contribution in [3.63, 3.8) is 0 Å². The molecule has 19 heavy (non-hydrogen) atoms. The van der Waals surface area contributed by atoms with Crippen LogP contribution in [-0.4, -0.2) is 67.0 Å². The van der Waals surface area contributed by atoms with Gasteiger partial charge >= 0.3 is 0 Å². The summed E-state index contributed by atoms with van der Waals surface area (Å²) < 4.78 is 26.7. The summed E-state index contributed by atoms with van der Waals surface area (Å²) in [6.45, 7) is 0.694. The molecule has 0 saturated carbocycles. The summed E-state index contributed by atoms with van der Waals surface area (Å²) >= 11 is 6.62. The molecule has 6 nitrogen and oxygen atoms in total. The zero-order valence-corrected chi connectivity index (χ0v) is 13.0. The molecule has 9 heteroatoms. The highest BCUT2D eigenvalue weighted by molar-refractivity contribution is 7.91. The van der Waals surface area contributed by atoms with Gasteiger partial charge in [-0.05, 0) is 20.5 Å². The predicted molar refractivity (Wildman–Crippen MR) is 74.0 cm³/mol. The third kappa shape index (κ3) is 3.26. The van der Waals surface area contributed by atoms with Crippen LogP contribution >= 0.6 is 22.9 Å². The van der Waals surface area contributed by atoms with E-state index < -0.39 is 16.1 Å². The average Bonchev–Trinajstić information content (AvgIpc) is 2.85. The van der Waals surface area contributed by atoms with E-state index in [0.717, 1.165) is 11.3 Å². The van der Waals surface area contributed by atoms with E-state index in [1.807, 2.05) is 19.0 Å². The number of β-amino-alcohol motifs (C(OH)–C–C–N with tert-alkyl or cyclic N) is 1. The van der Waals surface area contributed by atoms with Crippen molar-refractivity contribution < 1.29 is 13.5 Å². The Balaban J connectivity index is 2.28. The molecule has 1 N–H and O–H groups in total. The standard InChI is InChI=1S/C10H16ClN3O3S2/c1-13(2)5-7-3-8(15)6-14(7)19(16,17)9-4-12-10(11)18-9/h4,7-8,15H,3,5-6H2,1-2H3. The largest absolute Gasteiger partial charge is 0.392 e. The molecule has 1 aliphatic heterocycles. The Bertz CT molecular complexity index is 546. The summed E-state index contributed by atoms with van der Waals surface area (Å²) in [5.41, 5.74) is 0. The Hall–Kier alpha value is -0.250. The predicted octanol–water partition coefficient (Wildman–Crippen LogP) is 0.482. The van der Waals surface area contributed by atoms with Gasteiger partial charge in [-0.1, -0.05) is 22.9 Å². The number of aliphatic hydroxyl groups excluding tert-OH is 1. The van der Waals surface area contributed by atoms with Crippen molar-refractivity contribution in [2.24, 2.45) is 0 Å². The van der Waals surface area contributed by atoms with Gasteiger partial charge in [-0.25, -0.2) is 13.4 Å². The Morgan fingerprint density at radius 1 is 1.63 bits per heavy atom. The molecule has 108 valence electrons. The van der Waals surface area contributed by atoms with Crippen molar-refractivity contribution in [3.8, 4) is 0 Å². The Kier molecular flexibility index (Phi) is 4.49. The molecule has 0 amide bonds. The van der Waals surface area contributed by atoms with Crippen molar-refractivity contribution in [3.05, 3.63) is 10.7 Å². The van der Waals surface area contributed by atoms with Gasteiger partial charge in [-0.2, -0.15) is 4.31 Å². The minimum Gasteiger partial charge on any atom is -0.392 e. The molecule has 1 fully saturated rings. The van der Waals surface area contributed by atoms with E-state index in [1.165, 1.54) is 10.5 Å². The van der Waals surface area contributed by atoms with Gasteiger partial charge in [-0.15, -0.1) is 0 Å². The average molecular weight is 326 g/mol.